The van der Waals surface area contributed by atoms with E-state index in [4.69, 9.17) is 9.47 Å². The minimum Gasteiger partial charge on any atom is -0.454 e. The van der Waals surface area contributed by atoms with Gasteiger partial charge in [0.1, 0.15) is 6.04 Å². The largest absolute Gasteiger partial charge is 0.454 e. The molecule has 0 fully saturated rings. The molecule has 6 nitrogen and oxygen atoms in total. The van der Waals surface area contributed by atoms with Crippen LogP contribution in [0.5, 0.6) is 11.5 Å². The molecule has 2 amide bonds. The zero-order chi connectivity index (χ0) is 20.8. The van der Waals surface area contributed by atoms with E-state index in [1.807, 2.05) is 56.3 Å². The lowest BCUT2D eigenvalue weighted by molar-refractivity contribution is -0.141. The van der Waals surface area contributed by atoms with E-state index in [2.05, 4.69) is 5.32 Å². The summed E-state index contributed by atoms with van der Waals surface area (Å²) in [5, 5.41) is 2.69. The molecule has 0 aliphatic carbocycles. The molecule has 0 unspecified atom stereocenters. The molecule has 2 aromatic rings. The molecule has 0 spiro atoms. The fourth-order valence-corrected chi connectivity index (χ4v) is 3.55. The minimum absolute atomic E-state index is 0.0404. The Morgan fingerprint density at radius 1 is 1.14 bits per heavy atom. The van der Waals surface area contributed by atoms with Crippen LogP contribution in [0.25, 0.3) is 0 Å². The van der Waals surface area contributed by atoms with Crippen LogP contribution in [0.15, 0.2) is 42.5 Å². The Hall–Kier alpha value is -3.02. The Morgan fingerprint density at radius 2 is 1.90 bits per heavy atom. The average molecular weight is 396 g/mol. The number of hydrogen-bond donors (Lipinski definition) is 1. The lowest BCUT2D eigenvalue weighted by Gasteiger charge is -2.31. The van der Waals surface area contributed by atoms with Crippen LogP contribution in [0.3, 0.4) is 0 Å². The molecule has 0 radical (unpaired) electrons. The molecule has 0 aromatic heterocycles. The van der Waals surface area contributed by atoms with Gasteiger partial charge in [0, 0.05) is 20.0 Å². The summed E-state index contributed by atoms with van der Waals surface area (Å²) in [4.78, 5) is 27.3. The molecular formula is C23H28N2O4. The fraction of sp³-hybridized carbons (Fsp3) is 0.391. The van der Waals surface area contributed by atoms with Crippen LogP contribution >= 0.6 is 0 Å². The van der Waals surface area contributed by atoms with Gasteiger partial charge in [-0.3, -0.25) is 9.59 Å². The number of carbonyl (C=O) groups excluding carboxylic acids is 2. The van der Waals surface area contributed by atoms with E-state index < -0.39 is 6.04 Å². The second kappa shape index (κ2) is 9.45. The fourth-order valence-electron chi connectivity index (χ4n) is 3.55. The summed E-state index contributed by atoms with van der Waals surface area (Å²) in [7, 11) is 1.61. The molecule has 29 heavy (non-hydrogen) atoms. The highest BCUT2D eigenvalue weighted by Crippen LogP contribution is 2.32. The van der Waals surface area contributed by atoms with Gasteiger partial charge >= 0.3 is 0 Å². The predicted molar refractivity (Wildman–Crippen MR) is 111 cm³/mol. The van der Waals surface area contributed by atoms with Gasteiger partial charge in [0.25, 0.3) is 0 Å². The monoisotopic (exact) mass is 396 g/mol. The van der Waals surface area contributed by atoms with Gasteiger partial charge in [0.15, 0.2) is 11.5 Å². The molecule has 1 N–H and O–H groups in total. The molecule has 1 atom stereocenters. The van der Waals surface area contributed by atoms with Crippen molar-refractivity contribution < 1.29 is 19.1 Å². The Balaban J connectivity index is 1.76. The number of likely N-dealkylation sites (N-methyl/N-ethyl adjacent to an activating group) is 1. The zero-order valence-corrected chi connectivity index (χ0v) is 17.2. The zero-order valence-electron chi connectivity index (χ0n) is 17.2. The highest BCUT2D eigenvalue weighted by molar-refractivity contribution is 5.87. The van der Waals surface area contributed by atoms with Crippen LogP contribution in [0.1, 0.15) is 36.5 Å². The number of rotatable bonds is 8. The van der Waals surface area contributed by atoms with Gasteiger partial charge in [0.2, 0.25) is 18.6 Å². The molecule has 1 aliphatic rings. The molecule has 2 aromatic carbocycles. The normalized spacial score (nSPS) is 13.1. The first-order valence-corrected chi connectivity index (χ1v) is 9.97. The van der Waals surface area contributed by atoms with Crippen molar-refractivity contribution in [3.05, 3.63) is 59.2 Å². The number of aryl methyl sites for hydroxylation is 2. The maximum Gasteiger partial charge on any atom is 0.242 e. The van der Waals surface area contributed by atoms with E-state index in [1.54, 1.807) is 11.9 Å². The van der Waals surface area contributed by atoms with Crippen LogP contribution in [0.2, 0.25) is 0 Å². The quantitative estimate of drug-likeness (QED) is 0.744. The van der Waals surface area contributed by atoms with Gasteiger partial charge in [0.05, 0.1) is 0 Å². The molecule has 0 saturated carbocycles. The van der Waals surface area contributed by atoms with Crippen molar-refractivity contribution in [1.29, 1.82) is 0 Å². The standard InChI is InChI=1S/C23H28N2O4/c1-4-19(23(27)24-3)25(14-18-8-6-5-7-16(18)2)22(26)12-10-17-9-11-20-21(13-17)29-15-28-20/h5-9,11,13,19H,4,10,12,14-15H2,1-3H3,(H,24,27)/t19-/m1/s1. The highest BCUT2D eigenvalue weighted by Gasteiger charge is 2.28. The number of nitrogens with zero attached hydrogens (tertiary/aromatic N) is 1. The number of benzene rings is 2. The van der Waals surface area contributed by atoms with Gasteiger partial charge in [-0.2, -0.15) is 0 Å². The van der Waals surface area contributed by atoms with Crippen molar-refractivity contribution >= 4 is 11.8 Å². The van der Waals surface area contributed by atoms with Gasteiger partial charge in [-0.15, -0.1) is 0 Å². The number of fused-ring (bicyclic) bond motifs is 1. The van der Waals surface area contributed by atoms with Crippen LogP contribution < -0.4 is 14.8 Å². The SMILES string of the molecule is CC[C@H](C(=O)NC)N(Cc1ccccc1C)C(=O)CCc1ccc2c(c1)OCO2. The van der Waals surface area contributed by atoms with E-state index in [0.29, 0.717) is 31.6 Å². The van der Waals surface area contributed by atoms with E-state index in [-0.39, 0.29) is 18.6 Å². The number of carbonyl (C=O) groups is 2. The Morgan fingerprint density at radius 3 is 2.62 bits per heavy atom. The second-order valence-electron chi connectivity index (χ2n) is 7.17. The summed E-state index contributed by atoms with van der Waals surface area (Å²) >= 11 is 0. The van der Waals surface area contributed by atoms with Crippen LogP contribution in [0, 0.1) is 6.92 Å². The van der Waals surface area contributed by atoms with E-state index in [1.165, 1.54) is 0 Å². The predicted octanol–water partition coefficient (Wildman–Crippen LogP) is 3.21. The van der Waals surface area contributed by atoms with Crippen molar-refractivity contribution in [3.63, 3.8) is 0 Å². The lowest BCUT2D eigenvalue weighted by atomic mass is 10.0. The lowest BCUT2D eigenvalue weighted by Crippen LogP contribution is -2.48. The first-order valence-electron chi connectivity index (χ1n) is 9.97. The molecule has 3 rings (SSSR count). The maximum absolute atomic E-state index is 13.2. The topological polar surface area (TPSA) is 67.9 Å². The molecule has 0 saturated heterocycles. The van der Waals surface area contributed by atoms with Gasteiger partial charge in [-0.25, -0.2) is 0 Å². The molecule has 154 valence electrons. The van der Waals surface area contributed by atoms with Crippen LogP contribution in [-0.2, 0) is 22.6 Å². The van der Waals surface area contributed by atoms with Crippen LogP contribution in [-0.4, -0.2) is 36.6 Å². The van der Waals surface area contributed by atoms with E-state index >= 15 is 0 Å². The summed E-state index contributed by atoms with van der Waals surface area (Å²) in [6.45, 7) is 4.59. The third-order valence-electron chi connectivity index (χ3n) is 5.30. The molecular weight excluding hydrogens is 368 g/mol. The highest BCUT2D eigenvalue weighted by atomic mass is 16.7. The number of amides is 2. The Kier molecular flexibility index (Phi) is 6.75. The van der Waals surface area contributed by atoms with Crippen molar-refractivity contribution in [2.24, 2.45) is 0 Å². The molecule has 0 bridgehead atoms. The van der Waals surface area contributed by atoms with Crippen molar-refractivity contribution in [2.75, 3.05) is 13.8 Å². The summed E-state index contributed by atoms with van der Waals surface area (Å²) < 4.78 is 10.8. The Labute approximate surface area is 171 Å². The molecule has 6 heteroatoms. The summed E-state index contributed by atoms with van der Waals surface area (Å²) in [6, 6.07) is 13.2. The maximum atomic E-state index is 13.2. The van der Waals surface area contributed by atoms with Gasteiger partial charge in [-0.05, 0) is 48.6 Å². The second-order valence-corrected chi connectivity index (χ2v) is 7.17. The minimum atomic E-state index is -0.496. The average Bonchev–Trinajstić information content (AvgIpc) is 3.20. The van der Waals surface area contributed by atoms with E-state index in [9.17, 15) is 9.59 Å². The van der Waals surface area contributed by atoms with E-state index in [0.717, 1.165) is 22.4 Å². The first-order chi connectivity index (χ1) is 14.0. The summed E-state index contributed by atoms with van der Waals surface area (Å²) in [5.74, 6) is 1.26. The van der Waals surface area contributed by atoms with Crippen molar-refractivity contribution in [2.45, 2.75) is 45.7 Å². The molecule has 1 aliphatic heterocycles. The van der Waals surface area contributed by atoms with Gasteiger partial charge in [-0.1, -0.05) is 37.3 Å². The van der Waals surface area contributed by atoms with Crippen LogP contribution in [0.4, 0.5) is 0 Å². The van der Waals surface area contributed by atoms with Crippen molar-refractivity contribution in [3.8, 4) is 11.5 Å². The number of nitrogens with one attached hydrogen (secondary N) is 1. The smallest absolute Gasteiger partial charge is 0.242 e. The third-order valence-corrected chi connectivity index (χ3v) is 5.30. The third kappa shape index (κ3) is 4.88. The van der Waals surface area contributed by atoms with Crippen molar-refractivity contribution in [1.82, 2.24) is 10.2 Å². The number of ether oxygens (including phenoxy) is 2. The molecule has 1 heterocycles. The Bertz CT molecular complexity index is 881. The number of hydrogen-bond acceptors (Lipinski definition) is 4. The summed E-state index contributed by atoms with van der Waals surface area (Å²) in [6.07, 6.45) is 1.45. The summed E-state index contributed by atoms with van der Waals surface area (Å²) in [5.41, 5.74) is 3.16. The van der Waals surface area contributed by atoms with Gasteiger partial charge < -0.3 is 19.7 Å². The first kappa shape index (κ1) is 20.7.